The number of thioether (sulfide) groups is 1. The summed E-state index contributed by atoms with van der Waals surface area (Å²) >= 11 is 7.61. The fourth-order valence-electron chi connectivity index (χ4n) is 3.16. The topological polar surface area (TPSA) is 59.2 Å². The predicted molar refractivity (Wildman–Crippen MR) is 106 cm³/mol. The van der Waals surface area contributed by atoms with Crippen molar-refractivity contribution in [3.05, 3.63) is 65.0 Å². The van der Waals surface area contributed by atoms with Gasteiger partial charge in [0.15, 0.2) is 0 Å². The molecule has 2 heterocycles. The molecule has 0 radical (unpaired) electrons. The van der Waals surface area contributed by atoms with Gasteiger partial charge in [0.05, 0.1) is 5.92 Å². The average molecular weight is 400 g/mol. The summed E-state index contributed by atoms with van der Waals surface area (Å²) in [6.07, 6.45) is 2.43. The molecule has 7 heteroatoms. The van der Waals surface area contributed by atoms with Crippen LogP contribution in [0.15, 0.2) is 57.9 Å². The van der Waals surface area contributed by atoms with Crippen LogP contribution in [0.2, 0.25) is 5.02 Å². The maximum absolute atomic E-state index is 12.4. The number of benzene rings is 2. The molecule has 1 aliphatic heterocycles. The van der Waals surface area contributed by atoms with Gasteiger partial charge in [-0.05, 0) is 48.2 Å². The number of aromatic nitrogens is 2. The monoisotopic (exact) mass is 399 g/mol. The summed E-state index contributed by atoms with van der Waals surface area (Å²) in [5.41, 5.74) is 1.96. The smallest absolute Gasteiger partial charge is 0.232 e. The van der Waals surface area contributed by atoms with Gasteiger partial charge in [-0.1, -0.05) is 28.9 Å². The minimum atomic E-state index is -0.0727. The van der Waals surface area contributed by atoms with Gasteiger partial charge < -0.3 is 9.42 Å². The van der Waals surface area contributed by atoms with Crippen molar-refractivity contribution in [3.8, 4) is 11.4 Å². The second-order valence-corrected chi connectivity index (χ2v) is 7.80. The lowest BCUT2D eigenvalue weighted by atomic mass is 10.1. The molecule has 1 saturated heterocycles. The highest BCUT2D eigenvalue weighted by atomic mass is 35.5. The molecule has 1 atom stereocenters. The van der Waals surface area contributed by atoms with E-state index < -0.39 is 0 Å². The van der Waals surface area contributed by atoms with Crippen molar-refractivity contribution in [2.45, 2.75) is 23.8 Å². The standard InChI is InChI=1S/C20H18ClN3O2S/c1-27-17-8-4-14(5-9-17)19-22-20(26-23-19)15-10-18(25)24(12-15)11-13-2-6-16(21)7-3-13/h2-9,15H,10-12H2,1H3. The number of amides is 1. The van der Waals surface area contributed by atoms with Crippen LogP contribution in [0.1, 0.15) is 23.8 Å². The minimum Gasteiger partial charge on any atom is -0.339 e. The van der Waals surface area contributed by atoms with Gasteiger partial charge in [-0.3, -0.25) is 4.79 Å². The van der Waals surface area contributed by atoms with Gasteiger partial charge in [0.2, 0.25) is 17.6 Å². The number of halogens is 1. The molecule has 1 aliphatic rings. The first-order valence-corrected chi connectivity index (χ1v) is 10.2. The van der Waals surface area contributed by atoms with Crippen molar-refractivity contribution < 1.29 is 9.32 Å². The molecule has 3 aromatic rings. The Morgan fingerprint density at radius 3 is 2.63 bits per heavy atom. The van der Waals surface area contributed by atoms with Crippen molar-refractivity contribution in [3.63, 3.8) is 0 Å². The summed E-state index contributed by atoms with van der Waals surface area (Å²) in [5, 5.41) is 4.78. The zero-order valence-electron chi connectivity index (χ0n) is 14.8. The van der Waals surface area contributed by atoms with E-state index in [1.807, 2.05) is 59.7 Å². The zero-order chi connectivity index (χ0) is 18.8. The average Bonchev–Trinajstić information content (AvgIpc) is 3.31. The summed E-state index contributed by atoms with van der Waals surface area (Å²) in [4.78, 5) is 19.9. The molecular formula is C20H18ClN3O2S. The van der Waals surface area contributed by atoms with Gasteiger partial charge in [-0.2, -0.15) is 4.98 Å². The highest BCUT2D eigenvalue weighted by Crippen LogP contribution is 2.30. The highest BCUT2D eigenvalue weighted by molar-refractivity contribution is 7.98. The molecule has 0 bridgehead atoms. The molecular weight excluding hydrogens is 382 g/mol. The third-order valence-electron chi connectivity index (χ3n) is 4.64. The molecule has 2 aromatic carbocycles. The molecule has 138 valence electrons. The number of hydrogen-bond donors (Lipinski definition) is 0. The number of likely N-dealkylation sites (tertiary alicyclic amines) is 1. The second kappa shape index (κ2) is 7.74. The number of nitrogens with zero attached hydrogens (tertiary/aromatic N) is 3. The predicted octanol–water partition coefficient (Wildman–Crippen LogP) is 4.63. The van der Waals surface area contributed by atoms with Crippen molar-refractivity contribution >= 4 is 29.3 Å². The summed E-state index contributed by atoms with van der Waals surface area (Å²) in [5.74, 6) is 1.10. The lowest BCUT2D eigenvalue weighted by Crippen LogP contribution is -2.24. The van der Waals surface area contributed by atoms with Gasteiger partial charge in [0.25, 0.3) is 0 Å². The van der Waals surface area contributed by atoms with E-state index in [0.717, 1.165) is 11.1 Å². The molecule has 27 heavy (non-hydrogen) atoms. The number of rotatable bonds is 5. The summed E-state index contributed by atoms with van der Waals surface area (Å²) < 4.78 is 5.46. The van der Waals surface area contributed by atoms with Gasteiger partial charge in [-0.25, -0.2) is 0 Å². The van der Waals surface area contributed by atoms with E-state index >= 15 is 0 Å². The molecule has 0 spiro atoms. The van der Waals surface area contributed by atoms with E-state index in [4.69, 9.17) is 16.1 Å². The maximum Gasteiger partial charge on any atom is 0.232 e. The van der Waals surface area contributed by atoms with E-state index in [1.165, 1.54) is 4.90 Å². The fraction of sp³-hybridized carbons (Fsp3) is 0.250. The Balaban J connectivity index is 1.45. The number of carbonyl (C=O) groups is 1. The van der Waals surface area contributed by atoms with Crippen LogP contribution in [0.5, 0.6) is 0 Å². The van der Waals surface area contributed by atoms with Gasteiger partial charge in [-0.15, -0.1) is 11.8 Å². The lowest BCUT2D eigenvalue weighted by molar-refractivity contribution is -0.128. The van der Waals surface area contributed by atoms with Gasteiger partial charge in [0.1, 0.15) is 0 Å². The van der Waals surface area contributed by atoms with Gasteiger partial charge in [0, 0.05) is 35.0 Å². The fourth-order valence-corrected chi connectivity index (χ4v) is 3.69. The normalized spacial score (nSPS) is 16.9. The van der Waals surface area contributed by atoms with Crippen LogP contribution in [0, 0.1) is 0 Å². The van der Waals surface area contributed by atoms with Crippen LogP contribution in [0.4, 0.5) is 0 Å². The number of carbonyl (C=O) groups excluding carboxylic acids is 1. The van der Waals surface area contributed by atoms with Crippen LogP contribution in [-0.4, -0.2) is 33.7 Å². The lowest BCUT2D eigenvalue weighted by Gasteiger charge is -2.16. The van der Waals surface area contributed by atoms with Crippen molar-refractivity contribution in [1.82, 2.24) is 15.0 Å². The quantitative estimate of drug-likeness (QED) is 0.585. The Kier molecular flexibility index (Phi) is 5.18. The Morgan fingerprint density at radius 2 is 1.93 bits per heavy atom. The third-order valence-corrected chi connectivity index (χ3v) is 5.64. The molecule has 1 fully saturated rings. The molecule has 0 saturated carbocycles. The SMILES string of the molecule is CSc1ccc(-c2noc(C3CC(=O)N(Cc4ccc(Cl)cc4)C3)n2)cc1. The molecule has 1 unspecified atom stereocenters. The van der Waals surface area contributed by atoms with E-state index in [1.54, 1.807) is 11.8 Å². The Morgan fingerprint density at radius 1 is 1.19 bits per heavy atom. The Bertz CT molecular complexity index is 941. The summed E-state index contributed by atoms with van der Waals surface area (Å²) in [6, 6.07) is 15.6. The Labute approximate surface area is 166 Å². The summed E-state index contributed by atoms with van der Waals surface area (Å²) in [6.45, 7) is 1.14. The van der Waals surface area contributed by atoms with E-state index in [2.05, 4.69) is 10.1 Å². The molecule has 0 N–H and O–H groups in total. The van der Waals surface area contributed by atoms with Gasteiger partial charge >= 0.3 is 0 Å². The van der Waals surface area contributed by atoms with E-state index in [9.17, 15) is 4.79 Å². The molecule has 1 aromatic heterocycles. The first-order chi connectivity index (χ1) is 13.1. The number of hydrogen-bond acceptors (Lipinski definition) is 5. The van der Waals surface area contributed by atoms with Crippen LogP contribution in [0.3, 0.4) is 0 Å². The van der Waals surface area contributed by atoms with Crippen LogP contribution in [0.25, 0.3) is 11.4 Å². The van der Waals surface area contributed by atoms with Crippen LogP contribution < -0.4 is 0 Å². The Hall–Kier alpha value is -2.31. The van der Waals surface area contributed by atoms with E-state index in [-0.39, 0.29) is 11.8 Å². The third kappa shape index (κ3) is 4.01. The van der Waals surface area contributed by atoms with E-state index in [0.29, 0.717) is 36.2 Å². The first-order valence-electron chi connectivity index (χ1n) is 8.62. The minimum absolute atomic E-state index is 0.0727. The summed E-state index contributed by atoms with van der Waals surface area (Å²) in [7, 11) is 0. The zero-order valence-corrected chi connectivity index (χ0v) is 16.3. The van der Waals surface area contributed by atoms with Crippen molar-refractivity contribution in [2.24, 2.45) is 0 Å². The first kappa shape index (κ1) is 18.1. The maximum atomic E-state index is 12.4. The highest BCUT2D eigenvalue weighted by Gasteiger charge is 2.34. The molecule has 0 aliphatic carbocycles. The van der Waals surface area contributed by atoms with Crippen LogP contribution in [-0.2, 0) is 11.3 Å². The molecule has 1 amide bonds. The van der Waals surface area contributed by atoms with Crippen molar-refractivity contribution in [2.75, 3.05) is 12.8 Å². The van der Waals surface area contributed by atoms with Crippen LogP contribution >= 0.6 is 23.4 Å². The largest absolute Gasteiger partial charge is 0.339 e. The second-order valence-electron chi connectivity index (χ2n) is 6.49. The molecule has 4 rings (SSSR count). The molecule has 5 nitrogen and oxygen atoms in total. The van der Waals surface area contributed by atoms with Crippen molar-refractivity contribution in [1.29, 1.82) is 0 Å².